The quantitative estimate of drug-likeness (QED) is 0.598. The Morgan fingerprint density at radius 3 is 2.66 bits per heavy atom. The molecule has 0 saturated carbocycles. The summed E-state index contributed by atoms with van der Waals surface area (Å²) in [5, 5.41) is 6.83. The number of benzene rings is 1. The molecule has 1 aromatic carbocycles. The number of aryl methyl sites for hydroxylation is 4. The average molecular weight is 475 g/mol. The fourth-order valence-electron chi connectivity index (χ4n) is 3.81. The van der Waals surface area contributed by atoms with Crippen molar-refractivity contribution in [2.45, 2.75) is 45.4 Å². The molecule has 0 spiro atoms. The summed E-state index contributed by atoms with van der Waals surface area (Å²) in [6, 6.07) is 7.36. The molecule has 4 rings (SSSR count). The van der Waals surface area contributed by atoms with E-state index in [1.54, 1.807) is 19.9 Å². The Morgan fingerprint density at radius 1 is 1.19 bits per heavy atom. The van der Waals surface area contributed by atoms with Crippen LogP contribution in [0.25, 0.3) is 10.7 Å². The Bertz CT molecular complexity index is 1260. The third-order valence-electron chi connectivity index (χ3n) is 5.77. The van der Waals surface area contributed by atoms with Gasteiger partial charge in [0.2, 0.25) is 27.6 Å². The highest BCUT2D eigenvalue weighted by molar-refractivity contribution is 7.89. The van der Waals surface area contributed by atoms with Gasteiger partial charge in [0, 0.05) is 30.6 Å². The second kappa shape index (κ2) is 8.76. The fourth-order valence-corrected chi connectivity index (χ4v) is 6.82. The lowest BCUT2D eigenvalue weighted by Gasteiger charge is -2.31. The predicted molar refractivity (Wildman–Crippen MR) is 123 cm³/mol. The summed E-state index contributed by atoms with van der Waals surface area (Å²) in [6.45, 7) is 8.01. The van der Waals surface area contributed by atoms with E-state index in [1.807, 2.05) is 32.0 Å². The van der Waals surface area contributed by atoms with Crippen molar-refractivity contribution in [3.8, 4) is 10.7 Å². The van der Waals surface area contributed by atoms with Crippen molar-refractivity contribution in [3.05, 3.63) is 46.2 Å². The van der Waals surface area contributed by atoms with Crippen LogP contribution >= 0.6 is 11.3 Å². The summed E-state index contributed by atoms with van der Waals surface area (Å²) < 4.78 is 33.2. The lowest BCUT2D eigenvalue weighted by atomic mass is 9.98. The molecule has 0 bridgehead atoms. The number of sulfonamides is 1. The van der Waals surface area contributed by atoms with Crippen LogP contribution in [0.4, 0.5) is 5.69 Å². The normalized spacial score (nSPS) is 17.4. The number of amides is 1. The number of nitrogens with one attached hydrogen (secondary N) is 1. The van der Waals surface area contributed by atoms with E-state index in [0.29, 0.717) is 40.9 Å². The Hall–Kier alpha value is -2.56. The minimum Gasteiger partial charge on any atom is -0.339 e. The van der Waals surface area contributed by atoms with Crippen LogP contribution in [0, 0.1) is 33.6 Å². The maximum atomic E-state index is 13.4. The number of carbonyl (C=O) groups is 1. The number of hydrogen-bond donors (Lipinski definition) is 1. The molecule has 0 aliphatic carbocycles. The van der Waals surface area contributed by atoms with Gasteiger partial charge < -0.3 is 9.84 Å². The molecule has 1 unspecified atom stereocenters. The highest BCUT2D eigenvalue weighted by Crippen LogP contribution is 2.35. The van der Waals surface area contributed by atoms with Crippen LogP contribution < -0.4 is 5.32 Å². The average Bonchev–Trinajstić information content (AvgIpc) is 3.36. The molecule has 32 heavy (non-hydrogen) atoms. The van der Waals surface area contributed by atoms with Gasteiger partial charge in [0.25, 0.3) is 0 Å². The minimum absolute atomic E-state index is 0.154. The second-order valence-electron chi connectivity index (χ2n) is 8.16. The van der Waals surface area contributed by atoms with Gasteiger partial charge in [-0.3, -0.25) is 4.79 Å². The summed E-state index contributed by atoms with van der Waals surface area (Å²) in [4.78, 5) is 18.6. The topological polar surface area (TPSA) is 105 Å². The first-order valence-electron chi connectivity index (χ1n) is 10.4. The first-order valence-corrected chi connectivity index (χ1v) is 12.7. The highest BCUT2D eigenvalue weighted by atomic mass is 32.2. The molecule has 8 nitrogen and oxygen atoms in total. The van der Waals surface area contributed by atoms with E-state index in [1.165, 1.54) is 15.6 Å². The molecule has 1 atom stereocenters. The van der Waals surface area contributed by atoms with E-state index in [-0.39, 0.29) is 17.3 Å². The molecule has 0 radical (unpaired) electrons. The third kappa shape index (κ3) is 4.48. The Labute approximate surface area is 191 Å². The molecule has 10 heteroatoms. The van der Waals surface area contributed by atoms with E-state index in [4.69, 9.17) is 4.52 Å². The van der Waals surface area contributed by atoms with Crippen molar-refractivity contribution < 1.29 is 17.7 Å². The predicted octanol–water partition coefficient (Wildman–Crippen LogP) is 4.07. The van der Waals surface area contributed by atoms with Gasteiger partial charge in [-0.05, 0) is 62.9 Å². The van der Waals surface area contributed by atoms with Gasteiger partial charge in [-0.2, -0.15) is 9.29 Å². The van der Waals surface area contributed by atoms with Crippen LogP contribution in [0.5, 0.6) is 0 Å². The van der Waals surface area contributed by atoms with Crippen molar-refractivity contribution in [2.24, 2.45) is 5.92 Å². The van der Waals surface area contributed by atoms with Crippen molar-refractivity contribution >= 4 is 33.0 Å². The Kier molecular flexibility index (Phi) is 6.19. The number of carbonyl (C=O) groups excluding carboxylic acids is 1. The molecule has 1 aliphatic rings. The summed E-state index contributed by atoms with van der Waals surface area (Å²) in [6.07, 6.45) is 1.28. The number of hydrogen-bond acceptors (Lipinski definition) is 7. The lowest BCUT2D eigenvalue weighted by molar-refractivity contribution is -0.120. The molecular formula is C22H26N4O4S2. The fraction of sp³-hybridized carbons (Fsp3) is 0.409. The maximum Gasteiger partial charge on any atom is 0.244 e. The molecule has 170 valence electrons. The van der Waals surface area contributed by atoms with E-state index in [9.17, 15) is 13.2 Å². The van der Waals surface area contributed by atoms with E-state index in [0.717, 1.165) is 16.8 Å². The lowest BCUT2D eigenvalue weighted by Crippen LogP contribution is -2.43. The smallest absolute Gasteiger partial charge is 0.244 e. The van der Waals surface area contributed by atoms with E-state index < -0.39 is 15.9 Å². The van der Waals surface area contributed by atoms with E-state index >= 15 is 0 Å². The first-order chi connectivity index (χ1) is 15.1. The monoisotopic (exact) mass is 474 g/mol. The van der Waals surface area contributed by atoms with Crippen molar-refractivity contribution in [1.29, 1.82) is 0 Å². The number of aromatic nitrogens is 2. The summed E-state index contributed by atoms with van der Waals surface area (Å²) in [7, 11) is -3.75. The Morgan fingerprint density at radius 2 is 1.97 bits per heavy atom. The number of nitrogens with zero attached hydrogens (tertiary/aromatic N) is 3. The third-order valence-corrected chi connectivity index (χ3v) is 8.93. The second-order valence-corrected chi connectivity index (χ2v) is 11.3. The molecular weight excluding hydrogens is 448 g/mol. The highest BCUT2D eigenvalue weighted by Gasteiger charge is 2.35. The van der Waals surface area contributed by atoms with Crippen LogP contribution in [0.3, 0.4) is 0 Å². The van der Waals surface area contributed by atoms with Gasteiger partial charge in [0.05, 0.1) is 15.7 Å². The zero-order chi connectivity index (χ0) is 23.0. The van der Waals surface area contributed by atoms with Gasteiger partial charge in [0.1, 0.15) is 0 Å². The summed E-state index contributed by atoms with van der Waals surface area (Å²) in [5.74, 6) is 0.238. The maximum absolute atomic E-state index is 13.4. The molecule has 1 saturated heterocycles. The van der Waals surface area contributed by atoms with Gasteiger partial charge in [-0.1, -0.05) is 11.2 Å². The molecule has 3 aromatic rings. The van der Waals surface area contributed by atoms with Crippen LogP contribution in [-0.2, 0) is 14.8 Å². The number of thiophene rings is 1. The molecule has 1 N–H and O–H groups in total. The SMILES string of the molecule is Cc1nc(-c2cc(S(=O)(=O)N3CCCC(C(=O)Nc4ccc(C)c(C)c4)C3)c(C)s2)no1. The standard InChI is InChI=1S/C22H26N4O4S2/c1-13-7-8-18(10-14(13)2)24-22(27)17-6-5-9-26(12-17)32(28,29)20-11-19(31-15(20)3)21-23-16(4)30-25-21/h7-8,10-11,17H,5-6,9,12H2,1-4H3,(H,24,27). The van der Waals surface area contributed by atoms with Crippen molar-refractivity contribution in [2.75, 3.05) is 18.4 Å². The summed E-state index contributed by atoms with van der Waals surface area (Å²) >= 11 is 1.31. The molecule has 1 aliphatic heterocycles. The molecule has 1 fully saturated rings. The molecule has 1 amide bonds. The van der Waals surface area contributed by atoms with Crippen LogP contribution in [0.2, 0.25) is 0 Å². The molecule has 2 aromatic heterocycles. The van der Waals surface area contributed by atoms with Gasteiger partial charge in [-0.25, -0.2) is 8.42 Å². The van der Waals surface area contributed by atoms with E-state index in [2.05, 4.69) is 15.5 Å². The first kappa shape index (κ1) is 22.6. The van der Waals surface area contributed by atoms with Crippen LogP contribution in [-0.4, -0.2) is 41.9 Å². The minimum atomic E-state index is -3.75. The zero-order valence-electron chi connectivity index (χ0n) is 18.5. The van der Waals surface area contributed by atoms with Crippen LogP contribution in [0.15, 0.2) is 33.7 Å². The Balaban J connectivity index is 1.51. The number of anilines is 1. The van der Waals surface area contributed by atoms with Gasteiger partial charge in [-0.15, -0.1) is 11.3 Å². The van der Waals surface area contributed by atoms with Crippen molar-refractivity contribution in [1.82, 2.24) is 14.4 Å². The van der Waals surface area contributed by atoms with Crippen LogP contribution in [0.1, 0.15) is 34.7 Å². The van der Waals surface area contributed by atoms with Gasteiger partial charge >= 0.3 is 0 Å². The zero-order valence-corrected chi connectivity index (χ0v) is 20.1. The largest absolute Gasteiger partial charge is 0.339 e. The summed E-state index contributed by atoms with van der Waals surface area (Å²) in [5.41, 5.74) is 2.97. The van der Waals surface area contributed by atoms with Crippen molar-refractivity contribution in [3.63, 3.8) is 0 Å². The van der Waals surface area contributed by atoms with Gasteiger partial charge in [0.15, 0.2) is 0 Å². The molecule has 3 heterocycles. The number of rotatable bonds is 5. The number of piperidine rings is 1.